The van der Waals surface area contributed by atoms with Gasteiger partial charge in [-0.25, -0.2) is 4.39 Å². The molecule has 2 heterocycles. The molecule has 5 N–H and O–H groups in total. The molecule has 0 aliphatic carbocycles. The minimum Gasteiger partial charge on any atom is -0.392 e. The van der Waals surface area contributed by atoms with Gasteiger partial charge >= 0.3 is 0 Å². The van der Waals surface area contributed by atoms with E-state index in [0.29, 0.717) is 33.8 Å². The highest BCUT2D eigenvalue weighted by atomic mass is 19.1. The maximum absolute atomic E-state index is 13.7. The van der Waals surface area contributed by atoms with Crippen LogP contribution in [0.15, 0.2) is 18.2 Å². The number of anilines is 1. The Balaban J connectivity index is 1.69. The van der Waals surface area contributed by atoms with Crippen LogP contribution >= 0.6 is 0 Å². The Morgan fingerprint density at radius 1 is 1.21 bits per heavy atom. The second kappa shape index (κ2) is 10.2. The molecule has 1 aromatic heterocycles. The number of nitrogens with one attached hydrogen (secondary N) is 3. The van der Waals surface area contributed by atoms with Gasteiger partial charge in [-0.3, -0.25) is 14.4 Å². The van der Waals surface area contributed by atoms with Crippen molar-refractivity contribution in [3.8, 4) is 0 Å². The van der Waals surface area contributed by atoms with Gasteiger partial charge in [0.2, 0.25) is 5.91 Å². The Labute approximate surface area is 196 Å². The number of nitrogens with zero attached hydrogens (tertiary/aromatic N) is 1. The van der Waals surface area contributed by atoms with E-state index in [1.54, 1.807) is 34.0 Å². The summed E-state index contributed by atoms with van der Waals surface area (Å²) in [5.74, 6) is -1.52. The van der Waals surface area contributed by atoms with E-state index in [4.69, 9.17) is 0 Å². The minimum absolute atomic E-state index is 0.0621. The normalized spacial score (nSPS) is 15.6. The van der Waals surface area contributed by atoms with Crippen molar-refractivity contribution in [1.29, 1.82) is 0 Å². The molecule has 1 aromatic carbocycles. The summed E-state index contributed by atoms with van der Waals surface area (Å²) in [6.45, 7) is 3.32. The molecular formula is C24H29FN4O5. The van der Waals surface area contributed by atoms with Crippen LogP contribution < -0.4 is 10.6 Å². The van der Waals surface area contributed by atoms with Gasteiger partial charge < -0.3 is 30.7 Å². The van der Waals surface area contributed by atoms with Gasteiger partial charge in [0.25, 0.3) is 11.8 Å². The van der Waals surface area contributed by atoms with Crippen molar-refractivity contribution in [2.75, 3.05) is 26.0 Å². The number of aromatic amines is 1. The third-order valence-corrected chi connectivity index (χ3v) is 5.71. The maximum atomic E-state index is 13.7. The van der Waals surface area contributed by atoms with E-state index < -0.39 is 23.9 Å². The number of aryl methyl sites for hydroxylation is 1. The highest BCUT2D eigenvalue weighted by Gasteiger charge is 2.26. The number of amides is 3. The molecule has 9 nitrogen and oxygen atoms in total. The third kappa shape index (κ3) is 5.52. The summed E-state index contributed by atoms with van der Waals surface area (Å²) in [6, 6.07) is 4.04. The molecule has 3 amide bonds. The summed E-state index contributed by atoms with van der Waals surface area (Å²) in [5, 5.41) is 25.4. The average Bonchev–Trinajstić information content (AvgIpc) is 3.21. The Morgan fingerprint density at radius 3 is 2.59 bits per heavy atom. The molecule has 0 saturated carbocycles. The van der Waals surface area contributed by atoms with Crippen LogP contribution in [0.25, 0.3) is 11.6 Å². The van der Waals surface area contributed by atoms with Crippen LogP contribution in [0.2, 0.25) is 0 Å². The number of rotatable bonds is 8. The zero-order valence-electron chi connectivity index (χ0n) is 19.5. The van der Waals surface area contributed by atoms with Crippen LogP contribution in [0.3, 0.4) is 0 Å². The van der Waals surface area contributed by atoms with Crippen molar-refractivity contribution >= 4 is 35.1 Å². The molecule has 0 unspecified atom stereocenters. The lowest BCUT2D eigenvalue weighted by Crippen LogP contribution is -2.35. The highest BCUT2D eigenvalue weighted by Crippen LogP contribution is 2.34. The number of aliphatic hydroxyl groups is 2. The number of benzene rings is 1. The van der Waals surface area contributed by atoms with Crippen LogP contribution in [0.5, 0.6) is 0 Å². The van der Waals surface area contributed by atoms with Crippen molar-refractivity contribution < 1.29 is 29.0 Å². The van der Waals surface area contributed by atoms with Crippen LogP contribution in [0.1, 0.15) is 45.7 Å². The molecule has 0 spiro atoms. The second-order valence-electron chi connectivity index (χ2n) is 8.61. The van der Waals surface area contributed by atoms with Gasteiger partial charge in [-0.1, -0.05) is 0 Å². The number of aliphatic hydroxyl groups excluding tert-OH is 2. The molecular weight excluding hydrogens is 443 g/mol. The van der Waals surface area contributed by atoms with Gasteiger partial charge in [0.05, 0.1) is 29.8 Å². The summed E-state index contributed by atoms with van der Waals surface area (Å²) < 4.78 is 13.7. The lowest BCUT2D eigenvalue weighted by molar-refractivity contribution is -0.131. The van der Waals surface area contributed by atoms with Crippen LogP contribution in [-0.4, -0.2) is 70.7 Å². The summed E-state index contributed by atoms with van der Waals surface area (Å²) >= 11 is 0. The number of carbonyl (C=O) groups is 3. The van der Waals surface area contributed by atoms with Gasteiger partial charge in [-0.2, -0.15) is 0 Å². The van der Waals surface area contributed by atoms with E-state index in [1.807, 2.05) is 0 Å². The van der Waals surface area contributed by atoms with E-state index in [1.165, 1.54) is 23.1 Å². The van der Waals surface area contributed by atoms with Crippen molar-refractivity contribution in [2.45, 2.75) is 38.9 Å². The monoisotopic (exact) mass is 472 g/mol. The third-order valence-electron chi connectivity index (χ3n) is 5.71. The number of H-pyrrole nitrogens is 1. The van der Waals surface area contributed by atoms with Crippen molar-refractivity contribution in [2.24, 2.45) is 0 Å². The number of halogens is 1. The van der Waals surface area contributed by atoms with Crippen molar-refractivity contribution in [3.05, 3.63) is 52.1 Å². The number of hydrogen-bond acceptors (Lipinski definition) is 5. The zero-order chi connectivity index (χ0) is 25.2. The predicted molar refractivity (Wildman–Crippen MR) is 125 cm³/mol. The standard InChI is InChI=1S/C24H29FN4O5/c1-12-20(10-18-17-7-14(25)5-6-19(17)28-23(18)33)27-13(2)22(12)24(34)26-11-16(31)8-15(30)9-21(32)29(3)4/h5-7,10,15-16,27,30-31H,8-9,11H2,1-4H3,(H,26,34)(H,28,33)/b18-10-/t15-,16+/m1/s1. The van der Waals surface area contributed by atoms with Crippen molar-refractivity contribution in [3.63, 3.8) is 0 Å². The Hall–Kier alpha value is -3.50. The van der Waals surface area contributed by atoms with Gasteiger partial charge in [0.15, 0.2) is 0 Å². The number of carbonyl (C=O) groups excluding carboxylic acids is 3. The van der Waals surface area contributed by atoms with Gasteiger partial charge in [-0.15, -0.1) is 0 Å². The molecule has 0 saturated heterocycles. The van der Waals surface area contributed by atoms with Gasteiger partial charge in [0, 0.05) is 49.7 Å². The number of aromatic nitrogens is 1. The molecule has 34 heavy (non-hydrogen) atoms. The smallest absolute Gasteiger partial charge is 0.256 e. The molecule has 10 heteroatoms. The van der Waals surface area contributed by atoms with E-state index in [2.05, 4.69) is 15.6 Å². The fourth-order valence-electron chi connectivity index (χ4n) is 3.87. The molecule has 182 valence electrons. The quantitative estimate of drug-likeness (QED) is 0.372. The molecule has 0 radical (unpaired) electrons. The molecule has 1 aliphatic rings. The van der Waals surface area contributed by atoms with E-state index in [9.17, 15) is 29.0 Å². The largest absolute Gasteiger partial charge is 0.392 e. The molecule has 2 aromatic rings. The first-order valence-electron chi connectivity index (χ1n) is 10.8. The summed E-state index contributed by atoms with van der Waals surface area (Å²) in [6.07, 6.45) is -0.670. The lowest BCUT2D eigenvalue weighted by atomic mass is 10.0. The average molecular weight is 473 g/mol. The predicted octanol–water partition coefficient (Wildman–Crippen LogP) is 1.58. The number of fused-ring (bicyclic) bond motifs is 1. The van der Waals surface area contributed by atoms with E-state index >= 15 is 0 Å². The molecule has 1 aliphatic heterocycles. The van der Waals surface area contributed by atoms with Gasteiger partial charge in [0.1, 0.15) is 5.82 Å². The Morgan fingerprint density at radius 2 is 1.91 bits per heavy atom. The fraction of sp³-hybridized carbons (Fsp3) is 0.375. The molecule has 0 fully saturated rings. The maximum Gasteiger partial charge on any atom is 0.256 e. The van der Waals surface area contributed by atoms with Crippen molar-refractivity contribution in [1.82, 2.24) is 15.2 Å². The first-order chi connectivity index (χ1) is 16.0. The molecule has 0 bridgehead atoms. The second-order valence-corrected chi connectivity index (χ2v) is 8.61. The van der Waals surface area contributed by atoms with Crippen LogP contribution in [-0.2, 0) is 9.59 Å². The van der Waals surface area contributed by atoms with E-state index in [-0.39, 0.29) is 36.8 Å². The first-order valence-corrected chi connectivity index (χ1v) is 10.8. The summed E-state index contributed by atoms with van der Waals surface area (Å²) in [5.41, 5.74) is 3.28. The number of hydrogen-bond donors (Lipinski definition) is 5. The first kappa shape index (κ1) is 25.1. The van der Waals surface area contributed by atoms with Crippen LogP contribution in [0.4, 0.5) is 10.1 Å². The SMILES string of the molecule is Cc1[nH]c(/C=C2\C(=O)Nc3ccc(F)cc32)c(C)c1C(=O)NC[C@@H](O)C[C@@H](O)CC(=O)N(C)C. The fourth-order valence-corrected chi connectivity index (χ4v) is 3.87. The topological polar surface area (TPSA) is 135 Å². The van der Waals surface area contributed by atoms with Gasteiger partial charge in [-0.05, 0) is 43.7 Å². The zero-order valence-corrected chi connectivity index (χ0v) is 19.5. The highest BCUT2D eigenvalue weighted by molar-refractivity contribution is 6.34. The summed E-state index contributed by atoms with van der Waals surface area (Å²) in [4.78, 5) is 41.3. The lowest BCUT2D eigenvalue weighted by Gasteiger charge is -2.18. The molecule has 2 atom stereocenters. The van der Waals surface area contributed by atoms with E-state index in [0.717, 1.165) is 0 Å². The summed E-state index contributed by atoms with van der Waals surface area (Å²) in [7, 11) is 3.15. The Bertz CT molecular complexity index is 1150. The molecule has 3 rings (SSSR count). The van der Waals surface area contributed by atoms with Crippen LogP contribution in [0, 0.1) is 19.7 Å². The minimum atomic E-state index is -1.04. The Kier molecular flexibility index (Phi) is 7.53.